The van der Waals surface area contributed by atoms with Crippen LogP contribution in [-0.4, -0.2) is 30.8 Å². The summed E-state index contributed by atoms with van der Waals surface area (Å²) in [4.78, 5) is 6.74. The van der Waals surface area contributed by atoms with Crippen LogP contribution in [0.1, 0.15) is 25.5 Å². The summed E-state index contributed by atoms with van der Waals surface area (Å²) in [5.41, 5.74) is 7.08. The van der Waals surface area contributed by atoms with Gasteiger partial charge < -0.3 is 15.4 Å². The molecule has 88 valence electrons. The van der Waals surface area contributed by atoms with Crippen molar-refractivity contribution in [1.82, 2.24) is 4.98 Å². The highest BCUT2D eigenvalue weighted by molar-refractivity contribution is 5.49. The van der Waals surface area contributed by atoms with E-state index in [-0.39, 0.29) is 6.04 Å². The number of hydrogen-bond donors (Lipinski definition) is 1. The Hall–Kier alpha value is -1.13. The second-order valence-corrected chi connectivity index (χ2v) is 4.32. The molecule has 0 spiro atoms. The molecule has 1 fully saturated rings. The standard InChI is InChI=1S/C12H19N3O/c1-9-8-16-7-6-15(9)12-11(10(2)13)4-3-5-14-12/h3-5,9-10H,6-8,13H2,1-2H3. The first kappa shape index (κ1) is 11.4. The van der Waals surface area contributed by atoms with Gasteiger partial charge in [-0.05, 0) is 19.9 Å². The molecule has 1 aromatic heterocycles. The van der Waals surface area contributed by atoms with Crippen LogP contribution in [0, 0.1) is 0 Å². The van der Waals surface area contributed by atoms with Crippen molar-refractivity contribution in [3.63, 3.8) is 0 Å². The minimum absolute atomic E-state index is 0.0127. The minimum atomic E-state index is 0.0127. The Bertz CT molecular complexity index is 354. The molecule has 1 aromatic rings. The summed E-state index contributed by atoms with van der Waals surface area (Å²) >= 11 is 0. The predicted molar refractivity (Wildman–Crippen MR) is 64.5 cm³/mol. The van der Waals surface area contributed by atoms with Gasteiger partial charge in [0.1, 0.15) is 5.82 Å². The number of pyridine rings is 1. The lowest BCUT2D eigenvalue weighted by atomic mass is 10.1. The Morgan fingerprint density at radius 3 is 3.12 bits per heavy atom. The molecule has 0 radical (unpaired) electrons. The summed E-state index contributed by atoms with van der Waals surface area (Å²) in [6.07, 6.45) is 1.82. The molecule has 2 N–H and O–H groups in total. The number of nitrogens with zero attached hydrogens (tertiary/aromatic N) is 2. The Morgan fingerprint density at radius 2 is 2.44 bits per heavy atom. The normalized spacial score (nSPS) is 23.2. The van der Waals surface area contributed by atoms with Crippen LogP contribution >= 0.6 is 0 Å². The maximum Gasteiger partial charge on any atom is 0.133 e. The number of nitrogens with two attached hydrogens (primary N) is 1. The molecule has 0 saturated carbocycles. The van der Waals surface area contributed by atoms with Crippen molar-refractivity contribution in [1.29, 1.82) is 0 Å². The molecule has 1 saturated heterocycles. The maximum atomic E-state index is 5.97. The molecule has 1 aliphatic heterocycles. The number of hydrogen-bond acceptors (Lipinski definition) is 4. The molecule has 2 atom stereocenters. The van der Waals surface area contributed by atoms with E-state index in [4.69, 9.17) is 10.5 Å². The SMILES string of the molecule is CC(N)c1cccnc1N1CCOCC1C. The molecule has 1 aliphatic rings. The Kier molecular flexibility index (Phi) is 3.41. The van der Waals surface area contributed by atoms with Crippen LogP contribution in [0.4, 0.5) is 5.82 Å². The fraction of sp³-hybridized carbons (Fsp3) is 0.583. The van der Waals surface area contributed by atoms with Gasteiger partial charge in [0.25, 0.3) is 0 Å². The van der Waals surface area contributed by atoms with Crippen molar-refractivity contribution in [2.24, 2.45) is 5.73 Å². The summed E-state index contributed by atoms with van der Waals surface area (Å²) in [7, 11) is 0. The van der Waals surface area contributed by atoms with Crippen LogP contribution in [0.25, 0.3) is 0 Å². The van der Waals surface area contributed by atoms with E-state index in [9.17, 15) is 0 Å². The zero-order valence-corrected chi connectivity index (χ0v) is 9.89. The lowest BCUT2D eigenvalue weighted by Gasteiger charge is -2.35. The Labute approximate surface area is 96.4 Å². The molecule has 2 rings (SSSR count). The first-order valence-electron chi connectivity index (χ1n) is 5.75. The zero-order valence-electron chi connectivity index (χ0n) is 9.89. The van der Waals surface area contributed by atoms with Crippen molar-refractivity contribution < 1.29 is 4.74 Å². The second-order valence-electron chi connectivity index (χ2n) is 4.32. The van der Waals surface area contributed by atoms with Gasteiger partial charge in [0, 0.05) is 24.3 Å². The van der Waals surface area contributed by atoms with Gasteiger partial charge in [-0.3, -0.25) is 0 Å². The molecule has 16 heavy (non-hydrogen) atoms. The number of anilines is 1. The van der Waals surface area contributed by atoms with Crippen molar-refractivity contribution in [3.05, 3.63) is 23.9 Å². The molecule has 4 nitrogen and oxygen atoms in total. The molecule has 4 heteroatoms. The summed E-state index contributed by atoms with van der Waals surface area (Å²) < 4.78 is 5.43. The molecule has 2 unspecified atom stereocenters. The quantitative estimate of drug-likeness (QED) is 0.818. The van der Waals surface area contributed by atoms with Crippen LogP contribution < -0.4 is 10.6 Å². The third-order valence-electron chi connectivity index (χ3n) is 2.95. The largest absolute Gasteiger partial charge is 0.377 e. The zero-order chi connectivity index (χ0) is 11.5. The van der Waals surface area contributed by atoms with Gasteiger partial charge in [-0.15, -0.1) is 0 Å². The van der Waals surface area contributed by atoms with Gasteiger partial charge in [-0.2, -0.15) is 0 Å². The third-order valence-corrected chi connectivity index (χ3v) is 2.95. The minimum Gasteiger partial charge on any atom is -0.377 e. The third kappa shape index (κ3) is 2.18. The van der Waals surface area contributed by atoms with Gasteiger partial charge >= 0.3 is 0 Å². The van der Waals surface area contributed by atoms with E-state index >= 15 is 0 Å². The van der Waals surface area contributed by atoms with E-state index < -0.39 is 0 Å². The predicted octanol–water partition coefficient (Wildman–Crippen LogP) is 1.33. The van der Waals surface area contributed by atoms with Crippen LogP contribution in [0.5, 0.6) is 0 Å². The molecule has 0 bridgehead atoms. The first-order chi connectivity index (χ1) is 7.70. The van der Waals surface area contributed by atoms with Crippen molar-refractivity contribution >= 4 is 5.82 Å². The summed E-state index contributed by atoms with van der Waals surface area (Å²) in [5, 5.41) is 0. The topological polar surface area (TPSA) is 51.4 Å². The summed E-state index contributed by atoms with van der Waals surface area (Å²) in [5.74, 6) is 1.01. The number of aromatic nitrogens is 1. The average Bonchev–Trinajstić information content (AvgIpc) is 2.29. The van der Waals surface area contributed by atoms with E-state index in [1.807, 2.05) is 19.2 Å². The smallest absolute Gasteiger partial charge is 0.133 e. The van der Waals surface area contributed by atoms with Gasteiger partial charge in [0.15, 0.2) is 0 Å². The first-order valence-corrected chi connectivity index (χ1v) is 5.75. The van der Waals surface area contributed by atoms with Gasteiger partial charge in [-0.25, -0.2) is 4.98 Å². The Balaban J connectivity index is 2.31. The van der Waals surface area contributed by atoms with Crippen molar-refractivity contribution in [2.75, 3.05) is 24.7 Å². The maximum absolute atomic E-state index is 5.97. The highest BCUT2D eigenvalue weighted by Gasteiger charge is 2.23. The number of morpholine rings is 1. The van der Waals surface area contributed by atoms with E-state index in [1.165, 1.54) is 0 Å². The monoisotopic (exact) mass is 221 g/mol. The summed E-state index contributed by atoms with van der Waals surface area (Å²) in [6, 6.07) is 4.36. The summed E-state index contributed by atoms with van der Waals surface area (Å²) in [6.45, 7) is 6.55. The number of ether oxygens (including phenoxy) is 1. The van der Waals surface area contributed by atoms with E-state index in [1.54, 1.807) is 0 Å². The van der Waals surface area contributed by atoms with Crippen LogP contribution in [-0.2, 0) is 4.74 Å². The van der Waals surface area contributed by atoms with Crippen LogP contribution in [0.3, 0.4) is 0 Å². The molecule has 0 amide bonds. The Morgan fingerprint density at radius 1 is 1.62 bits per heavy atom. The van der Waals surface area contributed by atoms with Crippen LogP contribution in [0.15, 0.2) is 18.3 Å². The van der Waals surface area contributed by atoms with Crippen molar-refractivity contribution in [2.45, 2.75) is 25.9 Å². The fourth-order valence-corrected chi connectivity index (χ4v) is 2.05. The molecular formula is C12H19N3O. The highest BCUT2D eigenvalue weighted by Crippen LogP contribution is 2.25. The molecular weight excluding hydrogens is 202 g/mol. The van der Waals surface area contributed by atoms with Crippen molar-refractivity contribution in [3.8, 4) is 0 Å². The fourth-order valence-electron chi connectivity index (χ4n) is 2.05. The molecule has 2 heterocycles. The van der Waals surface area contributed by atoms with Gasteiger partial charge in [0.2, 0.25) is 0 Å². The molecule has 0 aliphatic carbocycles. The lowest BCUT2D eigenvalue weighted by Crippen LogP contribution is -2.44. The van der Waals surface area contributed by atoms with Gasteiger partial charge in [-0.1, -0.05) is 6.07 Å². The van der Waals surface area contributed by atoms with Crippen LogP contribution in [0.2, 0.25) is 0 Å². The average molecular weight is 221 g/mol. The van der Waals surface area contributed by atoms with E-state index in [0.717, 1.165) is 31.1 Å². The lowest BCUT2D eigenvalue weighted by molar-refractivity contribution is 0.0984. The highest BCUT2D eigenvalue weighted by atomic mass is 16.5. The van der Waals surface area contributed by atoms with E-state index in [2.05, 4.69) is 22.9 Å². The number of rotatable bonds is 2. The second kappa shape index (κ2) is 4.80. The van der Waals surface area contributed by atoms with Gasteiger partial charge in [0.05, 0.1) is 19.3 Å². The van der Waals surface area contributed by atoms with E-state index in [0.29, 0.717) is 6.04 Å². The molecule has 0 aromatic carbocycles.